The van der Waals surface area contributed by atoms with Gasteiger partial charge < -0.3 is 5.73 Å². The highest BCUT2D eigenvalue weighted by Gasteiger charge is 2.22. The average molecular weight is 236 g/mol. The largest absolute Gasteiger partial charge is 0.325 e. The lowest BCUT2D eigenvalue weighted by molar-refractivity contribution is 0.494. The monoisotopic (exact) mass is 236 g/mol. The van der Waals surface area contributed by atoms with Gasteiger partial charge in [0.05, 0.1) is 11.4 Å². The maximum atomic E-state index is 5.88. The second kappa shape index (κ2) is 5.63. The van der Waals surface area contributed by atoms with Gasteiger partial charge in [-0.1, -0.05) is 30.9 Å². The van der Waals surface area contributed by atoms with Crippen LogP contribution in [0.5, 0.6) is 0 Å². The Morgan fingerprint density at radius 1 is 1.24 bits per heavy atom. The van der Waals surface area contributed by atoms with E-state index >= 15 is 0 Å². The lowest BCUT2D eigenvalue weighted by atomic mass is 9.95. The lowest BCUT2D eigenvalue weighted by Crippen LogP contribution is -2.13. The summed E-state index contributed by atoms with van der Waals surface area (Å²) in [6.45, 7) is 4.81. The molecule has 0 amide bonds. The zero-order valence-corrected chi connectivity index (χ0v) is 11.0. The van der Waals surface area contributed by atoms with E-state index in [0.29, 0.717) is 18.5 Å². The molecule has 0 spiro atoms. The van der Waals surface area contributed by atoms with Gasteiger partial charge in [-0.3, -0.25) is 0 Å². The number of hydrogen-bond acceptors (Lipinski definition) is 3. The highest BCUT2D eigenvalue weighted by atomic mass is 15.4. The topological polar surface area (TPSA) is 56.7 Å². The van der Waals surface area contributed by atoms with Gasteiger partial charge in [-0.05, 0) is 26.7 Å². The van der Waals surface area contributed by atoms with Crippen LogP contribution in [-0.2, 0) is 6.54 Å². The molecule has 1 aromatic heterocycles. The normalized spacial score (nSPS) is 18.6. The Morgan fingerprint density at radius 2 is 1.88 bits per heavy atom. The van der Waals surface area contributed by atoms with Crippen molar-refractivity contribution in [2.45, 2.75) is 70.9 Å². The Bertz CT molecular complexity index is 348. The molecule has 1 heterocycles. The highest BCUT2D eigenvalue weighted by molar-refractivity contribution is 5.16. The molecule has 1 aromatic rings. The lowest BCUT2D eigenvalue weighted by Gasteiger charge is -2.14. The van der Waals surface area contributed by atoms with Gasteiger partial charge >= 0.3 is 0 Å². The molecule has 0 atom stereocenters. The van der Waals surface area contributed by atoms with Crippen molar-refractivity contribution in [1.29, 1.82) is 0 Å². The first-order chi connectivity index (χ1) is 8.24. The van der Waals surface area contributed by atoms with E-state index in [9.17, 15) is 0 Å². The molecule has 4 heteroatoms. The molecule has 0 bridgehead atoms. The van der Waals surface area contributed by atoms with Crippen LogP contribution < -0.4 is 5.73 Å². The fourth-order valence-electron chi connectivity index (χ4n) is 2.81. The molecular weight excluding hydrogens is 212 g/mol. The molecular formula is C13H24N4. The summed E-state index contributed by atoms with van der Waals surface area (Å²) in [6, 6.07) is 0.348. The Kier molecular flexibility index (Phi) is 4.15. The number of nitrogens with two attached hydrogens (primary N) is 1. The molecule has 1 aliphatic carbocycles. The molecule has 0 aromatic carbocycles. The van der Waals surface area contributed by atoms with Gasteiger partial charge in [0, 0.05) is 18.5 Å². The predicted molar refractivity (Wildman–Crippen MR) is 68.7 cm³/mol. The molecule has 96 valence electrons. The van der Waals surface area contributed by atoms with Crippen molar-refractivity contribution in [2.24, 2.45) is 5.73 Å². The minimum Gasteiger partial charge on any atom is -0.325 e. The van der Waals surface area contributed by atoms with Crippen LogP contribution in [0.15, 0.2) is 0 Å². The van der Waals surface area contributed by atoms with E-state index in [1.807, 2.05) is 4.68 Å². The zero-order chi connectivity index (χ0) is 12.3. The summed E-state index contributed by atoms with van der Waals surface area (Å²) in [5, 5.41) is 8.69. The Morgan fingerprint density at radius 3 is 2.41 bits per heavy atom. The molecule has 4 nitrogen and oxygen atoms in total. The molecule has 0 saturated heterocycles. The fourth-order valence-corrected chi connectivity index (χ4v) is 2.81. The van der Waals surface area contributed by atoms with Crippen molar-refractivity contribution in [3.8, 4) is 0 Å². The number of aromatic nitrogens is 3. The van der Waals surface area contributed by atoms with Crippen LogP contribution in [0.25, 0.3) is 0 Å². The van der Waals surface area contributed by atoms with E-state index in [0.717, 1.165) is 5.69 Å². The van der Waals surface area contributed by atoms with Crippen LogP contribution in [0.4, 0.5) is 0 Å². The summed E-state index contributed by atoms with van der Waals surface area (Å²) in [6.07, 6.45) is 7.89. The first kappa shape index (κ1) is 12.6. The van der Waals surface area contributed by atoms with Crippen molar-refractivity contribution in [2.75, 3.05) is 0 Å². The fraction of sp³-hybridized carbons (Fsp3) is 0.846. The van der Waals surface area contributed by atoms with Crippen molar-refractivity contribution in [1.82, 2.24) is 15.0 Å². The minimum atomic E-state index is 0.348. The minimum absolute atomic E-state index is 0.348. The number of hydrogen-bond donors (Lipinski definition) is 1. The van der Waals surface area contributed by atoms with Crippen molar-refractivity contribution in [3.63, 3.8) is 0 Å². The van der Waals surface area contributed by atoms with E-state index in [1.54, 1.807) is 0 Å². The van der Waals surface area contributed by atoms with Crippen LogP contribution in [-0.4, -0.2) is 15.0 Å². The van der Waals surface area contributed by atoms with Crippen LogP contribution in [0, 0.1) is 0 Å². The Labute approximate surface area is 104 Å². The van der Waals surface area contributed by atoms with Gasteiger partial charge in [0.15, 0.2) is 0 Å². The van der Waals surface area contributed by atoms with Gasteiger partial charge in [0.25, 0.3) is 0 Å². The zero-order valence-electron chi connectivity index (χ0n) is 11.0. The second-order valence-corrected chi connectivity index (χ2v) is 5.35. The molecule has 2 rings (SSSR count). The molecule has 0 radical (unpaired) electrons. The number of rotatable bonds is 3. The van der Waals surface area contributed by atoms with Gasteiger partial charge in [-0.2, -0.15) is 0 Å². The van der Waals surface area contributed by atoms with Gasteiger partial charge in [0.1, 0.15) is 0 Å². The van der Waals surface area contributed by atoms with Crippen molar-refractivity contribution >= 4 is 0 Å². The molecule has 0 unspecified atom stereocenters. The summed E-state index contributed by atoms with van der Waals surface area (Å²) < 4.78 is 1.99. The molecule has 17 heavy (non-hydrogen) atoms. The van der Waals surface area contributed by atoms with Crippen molar-refractivity contribution < 1.29 is 0 Å². The van der Waals surface area contributed by atoms with Crippen LogP contribution in [0.1, 0.15) is 75.7 Å². The molecule has 1 fully saturated rings. The summed E-state index contributed by atoms with van der Waals surface area (Å²) in [4.78, 5) is 0. The first-order valence-electron chi connectivity index (χ1n) is 6.88. The first-order valence-corrected chi connectivity index (χ1v) is 6.88. The van der Waals surface area contributed by atoms with E-state index < -0.39 is 0 Å². The van der Waals surface area contributed by atoms with E-state index in [-0.39, 0.29) is 0 Å². The van der Waals surface area contributed by atoms with Gasteiger partial charge in [-0.25, -0.2) is 4.68 Å². The quantitative estimate of drug-likeness (QED) is 0.821. The third-order valence-corrected chi connectivity index (χ3v) is 3.75. The van der Waals surface area contributed by atoms with Crippen molar-refractivity contribution in [3.05, 3.63) is 11.4 Å². The van der Waals surface area contributed by atoms with Gasteiger partial charge in [0.2, 0.25) is 0 Å². The van der Waals surface area contributed by atoms with Gasteiger partial charge in [-0.15, -0.1) is 5.10 Å². The molecule has 1 saturated carbocycles. The van der Waals surface area contributed by atoms with Crippen LogP contribution in [0.3, 0.4) is 0 Å². The maximum absolute atomic E-state index is 5.88. The van der Waals surface area contributed by atoms with E-state index in [4.69, 9.17) is 5.73 Å². The SMILES string of the molecule is CC(C)n1nnc(C2CCCCCC2)c1CN. The van der Waals surface area contributed by atoms with Crippen LogP contribution >= 0.6 is 0 Å². The van der Waals surface area contributed by atoms with E-state index in [1.165, 1.54) is 44.2 Å². The highest BCUT2D eigenvalue weighted by Crippen LogP contribution is 2.32. The third-order valence-electron chi connectivity index (χ3n) is 3.75. The maximum Gasteiger partial charge on any atom is 0.0903 e. The summed E-state index contributed by atoms with van der Waals surface area (Å²) in [5.74, 6) is 0.587. The standard InChI is InChI=1S/C13H24N4/c1-10(2)17-12(9-14)13(15-16-17)11-7-5-3-4-6-8-11/h10-11H,3-9,14H2,1-2H3. The number of nitrogens with zero attached hydrogens (tertiary/aromatic N) is 3. The molecule has 2 N–H and O–H groups in total. The Hall–Kier alpha value is -0.900. The summed E-state index contributed by atoms with van der Waals surface area (Å²) >= 11 is 0. The average Bonchev–Trinajstić information content (AvgIpc) is 2.56. The van der Waals surface area contributed by atoms with Crippen LogP contribution in [0.2, 0.25) is 0 Å². The third kappa shape index (κ3) is 2.68. The summed E-state index contributed by atoms with van der Waals surface area (Å²) in [5.41, 5.74) is 8.19. The summed E-state index contributed by atoms with van der Waals surface area (Å²) in [7, 11) is 0. The second-order valence-electron chi connectivity index (χ2n) is 5.35. The predicted octanol–water partition coefficient (Wildman–Crippen LogP) is 2.76. The smallest absolute Gasteiger partial charge is 0.0903 e. The molecule has 1 aliphatic rings. The molecule has 0 aliphatic heterocycles. The van der Waals surface area contributed by atoms with E-state index in [2.05, 4.69) is 24.2 Å². The Balaban J connectivity index is 2.24.